The number of halogens is 1. The number of hydrogen-bond acceptors (Lipinski definition) is 4. The molecule has 0 fully saturated rings. The second-order valence-corrected chi connectivity index (χ2v) is 6.05. The Labute approximate surface area is 156 Å². The molecule has 2 N–H and O–H groups in total. The molecule has 7 heteroatoms. The molecule has 0 aliphatic rings. The summed E-state index contributed by atoms with van der Waals surface area (Å²) in [6.45, 7) is 1.79. The Kier molecular flexibility index (Phi) is 6.46. The van der Waals surface area contributed by atoms with Gasteiger partial charge in [-0.25, -0.2) is 0 Å². The Morgan fingerprint density at radius 2 is 1.92 bits per heavy atom. The summed E-state index contributed by atoms with van der Waals surface area (Å²) in [5.74, 6) is -0.523. The Hall–Kier alpha value is -2.73. The van der Waals surface area contributed by atoms with E-state index in [2.05, 4.69) is 5.32 Å². The van der Waals surface area contributed by atoms with Crippen LogP contribution in [0.3, 0.4) is 0 Å². The lowest BCUT2D eigenvalue weighted by atomic mass is 10.0. The van der Waals surface area contributed by atoms with Gasteiger partial charge in [0.15, 0.2) is 0 Å². The number of carbonyl (C=O) groups is 2. The zero-order valence-electron chi connectivity index (χ0n) is 14.7. The molecule has 0 bridgehead atoms. The molecule has 1 atom stereocenters. The van der Waals surface area contributed by atoms with E-state index in [1.165, 1.54) is 14.2 Å². The highest BCUT2D eigenvalue weighted by Crippen LogP contribution is 2.32. The van der Waals surface area contributed by atoms with E-state index in [9.17, 15) is 14.7 Å². The van der Waals surface area contributed by atoms with Gasteiger partial charge in [0.25, 0.3) is 5.91 Å². The molecule has 0 aliphatic heterocycles. The van der Waals surface area contributed by atoms with E-state index in [4.69, 9.17) is 21.1 Å². The fourth-order valence-corrected chi connectivity index (χ4v) is 2.79. The van der Waals surface area contributed by atoms with Crippen molar-refractivity contribution in [3.05, 3.63) is 58.1 Å². The Balaban J connectivity index is 2.38. The highest BCUT2D eigenvalue weighted by molar-refractivity contribution is 6.34. The maximum Gasteiger partial charge on any atom is 0.305 e. The number of aryl methyl sites for hydroxylation is 1. The topological polar surface area (TPSA) is 84.9 Å². The quantitative estimate of drug-likeness (QED) is 0.769. The summed E-state index contributed by atoms with van der Waals surface area (Å²) in [7, 11) is 2.99. The lowest BCUT2D eigenvalue weighted by Crippen LogP contribution is -2.30. The standard InChI is InChI=1S/C19H20ClNO5/c1-11-5-4-6-14(18(11)20)19(24)21-15(10-17(22)23)13-8-7-12(25-2)9-16(13)26-3/h4-9,15H,10H2,1-3H3,(H,21,24)(H,22,23). The van der Waals surface area contributed by atoms with Crippen molar-refractivity contribution < 1.29 is 24.2 Å². The molecule has 0 radical (unpaired) electrons. The van der Waals surface area contributed by atoms with Crippen LogP contribution in [0.15, 0.2) is 36.4 Å². The molecule has 0 aliphatic carbocycles. The van der Waals surface area contributed by atoms with Crippen LogP contribution in [0.25, 0.3) is 0 Å². The van der Waals surface area contributed by atoms with Gasteiger partial charge in [0.2, 0.25) is 0 Å². The zero-order chi connectivity index (χ0) is 19.3. The first-order chi connectivity index (χ1) is 12.4. The third-order valence-electron chi connectivity index (χ3n) is 3.94. The number of methoxy groups -OCH3 is 2. The maximum absolute atomic E-state index is 12.7. The van der Waals surface area contributed by atoms with Gasteiger partial charge < -0.3 is 19.9 Å². The van der Waals surface area contributed by atoms with Crippen LogP contribution in [0.2, 0.25) is 5.02 Å². The molecule has 138 valence electrons. The molecule has 0 saturated heterocycles. The summed E-state index contributed by atoms with van der Waals surface area (Å²) in [6.07, 6.45) is -0.308. The van der Waals surface area contributed by atoms with Crippen LogP contribution in [0, 0.1) is 6.92 Å². The Bertz CT molecular complexity index is 822. The van der Waals surface area contributed by atoms with Crippen LogP contribution in [0.4, 0.5) is 0 Å². The van der Waals surface area contributed by atoms with Gasteiger partial charge in [-0.05, 0) is 30.7 Å². The molecule has 0 spiro atoms. The van der Waals surface area contributed by atoms with Crippen molar-refractivity contribution in [2.45, 2.75) is 19.4 Å². The van der Waals surface area contributed by atoms with Crippen LogP contribution < -0.4 is 14.8 Å². The highest BCUT2D eigenvalue weighted by atomic mass is 35.5. The predicted molar refractivity (Wildman–Crippen MR) is 98.2 cm³/mol. The molecule has 2 rings (SSSR count). The number of rotatable bonds is 7. The van der Waals surface area contributed by atoms with Crippen LogP contribution in [-0.4, -0.2) is 31.2 Å². The van der Waals surface area contributed by atoms with Gasteiger partial charge in [-0.3, -0.25) is 9.59 Å². The molecule has 0 heterocycles. The summed E-state index contributed by atoms with van der Waals surface area (Å²) in [4.78, 5) is 24.0. The normalized spacial score (nSPS) is 11.5. The van der Waals surface area contributed by atoms with E-state index in [-0.39, 0.29) is 12.0 Å². The van der Waals surface area contributed by atoms with Crippen molar-refractivity contribution in [1.82, 2.24) is 5.32 Å². The van der Waals surface area contributed by atoms with Gasteiger partial charge in [0.1, 0.15) is 11.5 Å². The highest BCUT2D eigenvalue weighted by Gasteiger charge is 2.23. The summed E-state index contributed by atoms with van der Waals surface area (Å²) in [5.41, 5.74) is 1.58. The van der Waals surface area contributed by atoms with Crippen molar-refractivity contribution in [2.75, 3.05) is 14.2 Å². The lowest BCUT2D eigenvalue weighted by molar-refractivity contribution is -0.137. The summed E-state index contributed by atoms with van der Waals surface area (Å²) >= 11 is 6.20. The number of benzene rings is 2. The van der Waals surface area contributed by atoms with Crippen molar-refractivity contribution in [3.63, 3.8) is 0 Å². The van der Waals surface area contributed by atoms with Crippen molar-refractivity contribution in [2.24, 2.45) is 0 Å². The van der Waals surface area contributed by atoms with E-state index < -0.39 is 17.9 Å². The summed E-state index contributed by atoms with van der Waals surface area (Å²) in [6, 6.07) is 9.29. The van der Waals surface area contributed by atoms with Crippen LogP contribution in [0.5, 0.6) is 11.5 Å². The van der Waals surface area contributed by atoms with Crippen LogP contribution in [0.1, 0.15) is 33.9 Å². The number of hydrogen-bond donors (Lipinski definition) is 2. The average molecular weight is 378 g/mol. The number of carboxylic acid groups (broad SMARTS) is 1. The first kappa shape index (κ1) is 19.6. The molecule has 26 heavy (non-hydrogen) atoms. The van der Waals surface area contributed by atoms with Gasteiger partial charge in [-0.15, -0.1) is 0 Å². The minimum absolute atomic E-state index is 0.287. The molecule has 6 nitrogen and oxygen atoms in total. The molecule has 0 aromatic heterocycles. The zero-order valence-corrected chi connectivity index (χ0v) is 15.5. The van der Waals surface area contributed by atoms with E-state index in [0.29, 0.717) is 22.1 Å². The van der Waals surface area contributed by atoms with Gasteiger partial charge in [-0.1, -0.05) is 23.7 Å². The van der Waals surface area contributed by atoms with Crippen LogP contribution in [-0.2, 0) is 4.79 Å². The molecular weight excluding hydrogens is 358 g/mol. The van der Waals surface area contributed by atoms with E-state index in [0.717, 1.165) is 5.56 Å². The first-order valence-corrected chi connectivity index (χ1v) is 8.24. The fourth-order valence-electron chi connectivity index (χ4n) is 2.58. The minimum atomic E-state index is -1.05. The Morgan fingerprint density at radius 1 is 1.19 bits per heavy atom. The first-order valence-electron chi connectivity index (χ1n) is 7.87. The number of ether oxygens (including phenoxy) is 2. The van der Waals surface area contributed by atoms with E-state index >= 15 is 0 Å². The van der Waals surface area contributed by atoms with Crippen molar-refractivity contribution in [1.29, 1.82) is 0 Å². The molecule has 0 saturated carbocycles. The maximum atomic E-state index is 12.7. The molecule has 2 aromatic carbocycles. The van der Waals surface area contributed by atoms with E-state index in [1.807, 2.05) is 0 Å². The van der Waals surface area contributed by atoms with Gasteiger partial charge in [0.05, 0.1) is 37.3 Å². The fraction of sp³-hybridized carbons (Fsp3) is 0.263. The SMILES string of the molecule is COc1ccc(C(CC(=O)O)NC(=O)c2cccc(C)c2Cl)c(OC)c1. The smallest absolute Gasteiger partial charge is 0.305 e. The van der Waals surface area contributed by atoms with Crippen LogP contribution >= 0.6 is 11.6 Å². The summed E-state index contributed by atoms with van der Waals surface area (Å²) in [5, 5.41) is 12.3. The number of carboxylic acids is 1. The largest absolute Gasteiger partial charge is 0.497 e. The number of aliphatic carboxylic acids is 1. The second kappa shape index (κ2) is 8.58. The monoisotopic (exact) mass is 377 g/mol. The molecule has 2 aromatic rings. The van der Waals surface area contributed by atoms with E-state index in [1.54, 1.807) is 43.3 Å². The number of carbonyl (C=O) groups excluding carboxylic acids is 1. The van der Waals surface area contributed by atoms with Gasteiger partial charge >= 0.3 is 5.97 Å². The Morgan fingerprint density at radius 3 is 2.54 bits per heavy atom. The lowest BCUT2D eigenvalue weighted by Gasteiger charge is -2.21. The minimum Gasteiger partial charge on any atom is -0.497 e. The summed E-state index contributed by atoms with van der Waals surface area (Å²) < 4.78 is 10.5. The second-order valence-electron chi connectivity index (χ2n) is 5.67. The van der Waals surface area contributed by atoms with Crippen molar-refractivity contribution in [3.8, 4) is 11.5 Å². The predicted octanol–water partition coefficient (Wildman–Crippen LogP) is 3.61. The van der Waals surface area contributed by atoms with Gasteiger partial charge in [0, 0.05) is 11.6 Å². The number of amides is 1. The molecule has 1 unspecified atom stereocenters. The van der Waals surface area contributed by atoms with Crippen molar-refractivity contribution >= 4 is 23.5 Å². The number of nitrogens with one attached hydrogen (secondary N) is 1. The molecule has 1 amide bonds. The van der Waals surface area contributed by atoms with Gasteiger partial charge in [-0.2, -0.15) is 0 Å². The third-order valence-corrected chi connectivity index (χ3v) is 4.44. The third kappa shape index (κ3) is 4.46. The molecular formula is C19H20ClNO5. The average Bonchev–Trinajstić information content (AvgIpc) is 2.62.